The van der Waals surface area contributed by atoms with Gasteiger partial charge in [0.05, 0.1) is 12.1 Å². The lowest BCUT2D eigenvalue weighted by molar-refractivity contribution is 0.0902. The van der Waals surface area contributed by atoms with Crippen molar-refractivity contribution in [3.05, 3.63) is 89.2 Å². The molecular formula is C20H22BBrNOP. The van der Waals surface area contributed by atoms with Crippen LogP contribution in [0.1, 0.15) is 22.4 Å². The molecule has 0 bridgehead atoms. The Morgan fingerprint density at radius 1 is 1.04 bits per heavy atom. The Balaban J connectivity index is 1.99. The molecule has 0 aliphatic carbocycles. The van der Waals surface area contributed by atoms with Crippen molar-refractivity contribution in [2.75, 3.05) is 6.66 Å². The van der Waals surface area contributed by atoms with E-state index >= 15 is 0 Å². The van der Waals surface area contributed by atoms with E-state index in [1.807, 2.05) is 24.5 Å². The lowest BCUT2D eigenvalue weighted by Crippen LogP contribution is -2.21. The summed E-state index contributed by atoms with van der Waals surface area (Å²) in [5, 5.41) is 1.46. The van der Waals surface area contributed by atoms with E-state index < -0.39 is 7.14 Å². The molecule has 5 heteroatoms. The van der Waals surface area contributed by atoms with Crippen molar-refractivity contribution in [2.24, 2.45) is 0 Å². The van der Waals surface area contributed by atoms with Crippen LogP contribution < -0.4 is 5.30 Å². The van der Waals surface area contributed by atoms with Gasteiger partial charge in [-0.3, -0.25) is 9.36 Å². The third-order valence-electron chi connectivity index (χ3n) is 4.15. The average Bonchev–Trinajstić information content (AvgIpc) is 3.16. The Labute approximate surface area is 159 Å². The fourth-order valence-corrected chi connectivity index (χ4v) is 5.09. The molecule has 3 aromatic rings. The van der Waals surface area contributed by atoms with Gasteiger partial charge in [0.15, 0.2) is 0 Å². The van der Waals surface area contributed by atoms with Crippen molar-refractivity contribution < 1.29 is 4.79 Å². The second-order valence-electron chi connectivity index (χ2n) is 5.70. The van der Waals surface area contributed by atoms with Gasteiger partial charge >= 0.3 is 0 Å². The molecule has 1 heterocycles. The number of nitrogens with zero attached hydrogens (tertiary/aromatic N) is 1. The van der Waals surface area contributed by atoms with E-state index in [0.29, 0.717) is 12.1 Å². The molecule has 2 nitrogen and oxygen atoms in total. The highest BCUT2D eigenvalue weighted by molar-refractivity contribution is 9.10. The van der Waals surface area contributed by atoms with Gasteiger partial charge in [-0.1, -0.05) is 46.3 Å². The zero-order chi connectivity index (χ0) is 17.9. The number of halogens is 1. The number of benzene rings is 2. The normalized spacial score (nSPS) is 14.7. The number of hydrogen-bond acceptors (Lipinski definition) is 1. The van der Waals surface area contributed by atoms with Crippen molar-refractivity contribution in [2.45, 2.75) is 12.1 Å². The van der Waals surface area contributed by atoms with Crippen molar-refractivity contribution in [3.8, 4) is 0 Å². The van der Waals surface area contributed by atoms with Crippen LogP contribution in [-0.4, -0.2) is 24.7 Å². The number of carbonyl (C=O) groups is 1. The van der Waals surface area contributed by atoms with Gasteiger partial charge in [-0.25, -0.2) is 0 Å². The van der Waals surface area contributed by atoms with E-state index in [-0.39, 0.29) is 13.5 Å². The molecule has 0 spiro atoms. The minimum absolute atomic E-state index is 0.0510. The number of hydrogen-bond donors (Lipinski definition) is 0. The Bertz CT molecular complexity index is 832. The first-order chi connectivity index (χ1) is 12.0. The van der Waals surface area contributed by atoms with E-state index in [4.69, 9.17) is 0 Å². The molecule has 0 aliphatic heterocycles. The Hall–Kier alpha value is -1.64. The molecule has 0 N–H and O–H groups in total. The molecule has 128 valence electrons. The van der Waals surface area contributed by atoms with E-state index in [9.17, 15) is 4.79 Å². The van der Waals surface area contributed by atoms with Crippen molar-refractivity contribution in [1.29, 1.82) is 0 Å². The second-order valence-corrected chi connectivity index (χ2v) is 8.98. The highest BCUT2D eigenvalue weighted by Gasteiger charge is 2.35. The smallest absolute Gasteiger partial charge is 0.234 e. The van der Waals surface area contributed by atoms with Gasteiger partial charge in [-0.15, -0.1) is 7.14 Å². The highest BCUT2D eigenvalue weighted by Crippen LogP contribution is 2.63. The Morgan fingerprint density at radius 3 is 2.24 bits per heavy atom. The van der Waals surface area contributed by atoms with Crippen LogP contribution in [0, 0.1) is 0 Å². The van der Waals surface area contributed by atoms with Gasteiger partial charge in [-0.2, -0.15) is 0 Å². The summed E-state index contributed by atoms with van der Waals surface area (Å²) >= 11 is 3.53. The number of carbonyl (C=O) groups excluding carboxylic acids is 1. The topological polar surface area (TPSA) is 22.0 Å². The molecule has 0 saturated heterocycles. The predicted octanol–water partition coefficient (Wildman–Crippen LogP) is 4.28. The van der Waals surface area contributed by atoms with E-state index in [1.165, 1.54) is 10.9 Å². The van der Waals surface area contributed by atoms with Gasteiger partial charge in [0, 0.05) is 28.8 Å². The van der Waals surface area contributed by atoms with Crippen LogP contribution in [-0.2, 0) is 0 Å². The molecular weight excluding hydrogens is 392 g/mol. The van der Waals surface area contributed by atoms with Crippen LogP contribution in [0.4, 0.5) is 0 Å². The zero-order valence-electron chi connectivity index (χ0n) is 13.5. The molecule has 1 unspecified atom stereocenters. The Kier molecular flexibility index (Phi) is 5.61. The lowest BCUT2D eigenvalue weighted by atomic mass is 10.1. The lowest BCUT2D eigenvalue weighted by Gasteiger charge is -2.34. The maximum absolute atomic E-state index is 12.8. The molecule has 3 rings (SSSR count). The third-order valence-corrected chi connectivity index (χ3v) is 7.20. The molecule has 2 aromatic carbocycles. The molecule has 0 amide bonds. The maximum atomic E-state index is 12.8. The largest absolute Gasteiger partial charge is 0.295 e. The van der Waals surface area contributed by atoms with E-state index in [2.05, 4.69) is 77.2 Å². The molecule has 1 aromatic heterocycles. The highest BCUT2D eigenvalue weighted by atomic mass is 79.9. The van der Waals surface area contributed by atoms with Gasteiger partial charge in [0.25, 0.3) is 0 Å². The summed E-state index contributed by atoms with van der Waals surface area (Å²) in [7, 11) is -1.25. The summed E-state index contributed by atoms with van der Waals surface area (Å²) in [6.07, 6.45) is 4.27. The van der Waals surface area contributed by atoms with E-state index in [1.54, 1.807) is 4.57 Å². The second kappa shape index (κ2) is 7.72. The first-order valence-corrected chi connectivity index (χ1v) is 10.5. The number of aromatic nitrogens is 1. The van der Waals surface area contributed by atoms with Crippen LogP contribution in [0.15, 0.2) is 83.6 Å². The number of rotatable bonds is 5. The molecule has 0 radical (unpaired) electrons. The fourth-order valence-electron chi connectivity index (χ4n) is 2.78. The summed E-state index contributed by atoms with van der Waals surface area (Å²) in [6.45, 7) is 2.44. The van der Waals surface area contributed by atoms with Gasteiger partial charge in [-0.05, 0) is 42.0 Å². The van der Waals surface area contributed by atoms with Crippen molar-refractivity contribution in [3.63, 3.8) is 0 Å². The summed E-state index contributed by atoms with van der Waals surface area (Å²) in [6, 6.07) is 23.2. The summed E-state index contributed by atoms with van der Waals surface area (Å²) in [4.78, 5) is 12.8. The fraction of sp³-hybridized carbons (Fsp3) is 0.150. The molecule has 0 aliphatic rings. The predicted molar refractivity (Wildman–Crippen MR) is 115 cm³/mol. The van der Waals surface area contributed by atoms with Crippen molar-refractivity contribution >= 4 is 41.8 Å². The summed E-state index contributed by atoms with van der Waals surface area (Å²) in [5.74, 6) is 0.181. The SMILES string of the molecule is [BH3-][P+](C)(c1ccccc1)[C@@H](CC(=O)n1cccc1)c1ccc(Br)cc1. The molecule has 25 heavy (non-hydrogen) atoms. The summed E-state index contributed by atoms with van der Waals surface area (Å²) < 4.78 is 2.80. The van der Waals surface area contributed by atoms with Crippen molar-refractivity contribution in [1.82, 2.24) is 4.57 Å². The van der Waals surface area contributed by atoms with Crippen LogP contribution in [0.2, 0.25) is 0 Å². The maximum Gasteiger partial charge on any atom is 0.234 e. The standard InChI is InChI=1S/C20H22BBrNOP/c1-25(21,18-7-3-2-4-8-18)19(16-9-11-17(22)12-10-16)15-20(24)23-13-5-6-14-23/h2-14,19H,15H2,1,21H3/t19-,25?/m0/s1. The van der Waals surface area contributed by atoms with Crippen LogP contribution in [0.25, 0.3) is 0 Å². The molecule has 0 saturated carbocycles. The van der Waals surface area contributed by atoms with Gasteiger partial charge in [0.2, 0.25) is 5.91 Å². The minimum Gasteiger partial charge on any atom is -0.295 e. The third kappa shape index (κ3) is 4.13. The van der Waals surface area contributed by atoms with Gasteiger partial charge < -0.3 is 0 Å². The van der Waals surface area contributed by atoms with Gasteiger partial charge in [0.1, 0.15) is 7.57 Å². The van der Waals surface area contributed by atoms with Crippen LogP contribution in [0.3, 0.4) is 0 Å². The average molecular weight is 414 g/mol. The van der Waals surface area contributed by atoms with Crippen LogP contribution >= 0.6 is 23.1 Å². The molecule has 0 fully saturated rings. The summed E-state index contributed by atoms with van der Waals surface area (Å²) in [5.41, 5.74) is 1.59. The zero-order valence-corrected chi connectivity index (χ0v) is 16.0. The quantitative estimate of drug-likeness (QED) is 0.452. The van der Waals surface area contributed by atoms with E-state index in [0.717, 1.165) is 4.47 Å². The first-order valence-electron chi connectivity index (χ1n) is 7.84. The molecule has 2 atom stereocenters. The van der Waals surface area contributed by atoms with Crippen LogP contribution in [0.5, 0.6) is 0 Å². The monoisotopic (exact) mass is 413 g/mol. The Morgan fingerprint density at radius 2 is 1.64 bits per heavy atom. The minimum atomic E-state index is -1.30. The first kappa shape index (κ1) is 18.2.